The predicted molar refractivity (Wildman–Crippen MR) is 86.1 cm³/mol. The van der Waals surface area contributed by atoms with Gasteiger partial charge < -0.3 is 4.90 Å². The van der Waals surface area contributed by atoms with Gasteiger partial charge in [0.2, 0.25) is 0 Å². The SMILES string of the molecule is CCC1CCCN(c2cccc(S(C)(=O)=O)c2[N+](=O)[O-])CC1. The Labute approximate surface area is 131 Å². The van der Waals surface area contributed by atoms with Gasteiger partial charge in [-0.25, -0.2) is 8.42 Å². The lowest BCUT2D eigenvalue weighted by Crippen LogP contribution is -2.25. The van der Waals surface area contributed by atoms with Gasteiger partial charge in [0.15, 0.2) is 9.84 Å². The average Bonchev–Trinajstić information content (AvgIpc) is 2.70. The summed E-state index contributed by atoms with van der Waals surface area (Å²) in [6, 6.07) is 4.55. The van der Waals surface area contributed by atoms with Gasteiger partial charge in [0, 0.05) is 19.3 Å². The molecule has 1 aromatic carbocycles. The van der Waals surface area contributed by atoms with E-state index in [4.69, 9.17) is 0 Å². The van der Waals surface area contributed by atoms with Crippen LogP contribution in [-0.2, 0) is 9.84 Å². The summed E-state index contributed by atoms with van der Waals surface area (Å²) in [5, 5.41) is 11.5. The van der Waals surface area contributed by atoms with Crippen molar-refractivity contribution < 1.29 is 13.3 Å². The van der Waals surface area contributed by atoms with E-state index in [0.29, 0.717) is 11.6 Å². The Morgan fingerprint density at radius 3 is 2.64 bits per heavy atom. The predicted octanol–water partition coefficient (Wildman–Crippen LogP) is 3.01. The molecule has 0 bridgehead atoms. The molecule has 1 atom stereocenters. The third kappa shape index (κ3) is 3.58. The molecule has 1 aliphatic rings. The third-order valence-corrected chi connectivity index (χ3v) is 5.45. The molecule has 7 heteroatoms. The molecule has 2 rings (SSSR count). The van der Waals surface area contributed by atoms with E-state index in [2.05, 4.69) is 6.92 Å². The highest BCUT2D eigenvalue weighted by molar-refractivity contribution is 7.90. The molecule has 6 nitrogen and oxygen atoms in total. The number of rotatable bonds is 4. The summed E-state index contributed by atoms with van der Waals surface area (Å²) in [4.78, 5) is 12.6. The van der Waals surface area contributed by atoms with Crippen molar-refractivity contribution in [3.8, 4) is 0 Å². The lowest BCUT2D eigenvalue weighted by atomic mass is 9.98. The molecule has 0 aliphatic carbocycles. The van der Waals surface area contributed by atoms with Gasteiger partial charge >= 0.3 is 5.69 Å². The van der Waals surface area contributed by atoms with E-state index in [-0.39, 0.29) is 10.6 Å². The maximum absolute atomic E-state index is 11.8. The Morgan fingerprint density at radius 2 is 2.05 bits per heavy atom. The van der Waals surface area contributed by atoms with E-state index < -0.39 is 14.8 Å². The maximum atomic E-state index is 11.8. The van der Waals surface area contributed by atoms with Crippen LogP contribution in [0, 0.1) is 16.0 Å². The number of hydrogen-bond donors (Lipinski definition) is 0. The summed E-state index contributed by atoms with van der Waals surface area (Å²) >= 11 is 0. The Bertz CT molecular complexity index is 658. The van der Waals surface area contributed by atoms with Gasteiger partial charge in [-0.15, -0.1) is 0 Å². The molecule has 1 fully saturated rings. The van der Waals surface area contributed by atoms with E-state index in [1.54, 1.807) is 12.1 Å². The zero-order valence-corrected chi connectivity index (χ0v) is 13.8. The van der Waals surface area contributed by atoms with E-state index in [1.807, 2.05) is 4.90 Å². The van der Waals surface area contributed by atoms with Crippen molar-refractivity contribution in [2.24, 2.45) is 5.92 Å². The normalized spacial score (nSPS) is 19.7. The first-order valence-corrected chi connectivity index (χ1v) is 9.46. The average molecular weight is 326 g/mol. The number of anilines is 1. The minimum absolute atomic E-state index is 0.203. The molecule has 1 aliphatic heterocycles. The van der Waals surface area contributed by atoms with Crippen molar-refractivity contribution in [1.29, 1.82) is 0 Å². The molecular formula is C15H22N2O4S. The molecule has 0 amide bonds. The van der Waals surface area contributed by atoms with E-state index in [0.717, 1.165) is 45.0 Å². The molecule has 0 radical (unpaired) electrons. The number of hydrogen-bond acceptors (Lipinski definition) is 5. The van der Waals surface area contributed by atoms with Crippen LogP contribution >= 0.6 is 0 Å². The number of nitrogens with zero attached hydrogens (tertiary/aromatic N) is 2. The number of sulfone groups is 1. The van der Waals surface area contributed by atoms with Gasteiger partial charge in [-0.1, -0.05) is 19.4 Å². The van der Waals surface area contributed by atoms with Gasteiger partial charge in [0.25, 0.3) is 0 Å². The Hall–Kier alpha value is -1.63. The molecule has 1 heterocycles. The van der Waals surface area contributed by atoms with Crippen molar-refractivity contribution in [3.63, 3.8) is 0 Å². The van der Waals surface area contributed by atoms with E-state index in [1.165, 1.54) is 6.07 Å². The highest BCUT2D eigenvalue weighted by Crippen LogP contribution is 2.36. The summed E-state index contributed by atoms with van der Waals surface area (Å²) in [5.74, 6) is 0.641. The molecule has 1 saturated heterocycles. The van der Waals surface area contributed by atoms with Crippen molar-refractivity contribution in [2.75, 3.05) is 24.2 Å². The summed E-state index contributed by atoms with van der Waals surface area (Å²) in [7, 11) is -3.63. The minimum Gasteiger partial charge on any atom is -0.366 e. The van der Waals surface area contributed by atoms with Gasteiger partial charge in [-0.05, 0) is 37.3 Å². The third-order valence-electron chi connectivity index (χ3n) is 4.33. The lowest BCUT2D eigenvalue weighted by Gasteiger charge is -2.23. The topological polar surface area (TPSA) is 80.5 Å². The van der Waals surface area contributed by atoms with Crippen molar-refractivity contribution in [3.05, 3.63) is 28.3 Å². The van der Waals surface area contributed by atoms with Crippen LogP contribution in [-0.4, -0.2) is 32.7 Å². The Morgan fingerprint density at radius 1 is 1.32 bits per heavy atom. The van der Waals surface area contributed by atoms with Crippen molar-refractivity contribution in [2.45, 2.75) is 37.5 Å². The largest absolute Gasteiger partial charge is 0.366 e. The molecule has 0 spiro atoms. The molecule has 0 saturated carbocycles. The fraction of sp³-hybridized carbons (Fsp3) is 0.600. The highest BCUT2D eigenvalue weighted by Gasteiger charge is 2.29. The molecule has 0 N–H and O–H groups in total. The molecule has 22 heavy (non-hydrogen) atoms. The number of nitro groups is 1. The summed E-state index contributed by atoms with van der Waals surface area (Å²) in [6.45, 7) is 3.62. The molecule has 122 valence electrons. The smallest absolute Gasteiger partial charge is 0.311 e. The summed E-state index contributed by atoms with van der Waals surface area (Å²) in [6.07, 6.45) is 5.19. The zero-order valence-electron chi connectivity index (χ0n) is 13.0. The Kier molecular flexibility index (Phi) is 5.05. The van der Waals surface area contributed by atoms with Crippen molar-refractivity contribution in [1.82, 2.24) is 0 Å². The fourth-order valence-corrected chi connectivity index (χ4v) is 3.92. The van der Waals surface area contributed by atoms with Gasteiger partial charge in [0.05, 0.1) is 4.92 Å². The fourth-order valence-electron chi connectivity index (χ4n) is 3.06. The second-order valence-electron chi connectivity index (χ2n) is 5.85. The molecule has 1 aromatic rings. The summed E-state index contributed by atoms with van der Waals surface area (Å²) in [5.41, 5.74) is 0.129. The van der Waals surface area contributed by atoms with Crippen LogP contribution in [0.4, 0.5) is 11.4 Å². The first kappa shape index (κ1) is 16.7. The van der Waals surface area contributed by atoms with Crippen LogP contribution in [0.25, 0.3) is 0 Å². The van der Waals surface area contributed by atoms with Gasteiger partial charge in [-0.3, -0.25) is 10.1 Å². The van der Waals surface area contributed by atoms with E-state index in [9.17, 15) is 18.5 Å². The monoisotopic (exact) mass is 326 g/mol. The Balaban J connectivity index is 2.45. The van der Waals surface area contributed by atoms with Crippen LogP contribution in [0.2, 0.25) is 0 Å². The molecule has 1 unspecified atom stereocenters. The molecular weight excluding hydrogens is 304 g/mol. The van der Waals surface area contributed by atoms with Gasteiger partial charge in [0.1, 0.15) is 10.6 Å². The van der Waals surface area contributed by atoms with Crippen LogP contribution in [0.5, 0.6) is 0 Å². The maximum Gasteiger partial charge on any atom is 0.311 e. The van der Waals surface area contributed by atoms with Crippen LogP contribution < -0.4 is 4.90 Å². The van der Waals surface area contributed by atoms with Crippen LogP contribution in [0.15, 0.2) is 23.1 Å². The quantitative estimate of drug-likeness (QED) is 0.627. The standard InChI is InChI=1S/C15H22N2O4S/c1-3-12-6-5-10-16(11-9-12)13-7-4-8-14(22(2,20)21)15(13)17(18)19/h4,7-8,12H,3,5-6,9-11H2,1-2H3. The summed E-state index contributed by atoms with van der Waals surface area (Å²) < 4.78 is 23.7. The van der Waals surface area contributed by atoms with Gasteiger partial charge in [-0.2, -0.15) is 0 Å². The molecule has 0 aromatic heterocycles. The number of benzene rings is 1. The number of nitro benzene ring substituents is 1. The second kappa shape index (κ2) is 6.64. The van der Waals surface area contributed by atoms with Crippen LogP contribution in [0.3, 0.4) is 0 Å². The number of para-hydroxylation sites is 1. The minimum atomic E-state index is -3.63. The van der Waals surface area contributed by atoms with Crippen molar-refractivity contribution >= 4 is 21.2 Å². The first-order chi connectivity index (χ1) is 10.3. The zero-order chi connectivity index (χ0) is 16.3. The first-order valence-electron chi connectivity index (χ1n) is 7.57. The van der Waals surface area contributed by atoms with Crippen LogP contribution in [0.1, 0.15) is 32.6 Å². The van der Waals surface area contributed by atoms with E-state index >= 15 is 0 Å². The highest BCUT2D eigenvalue weighted by atomic mass is 32.2. The lowest BCUT2D eigenvalue weighted by molar-refractivity contribution is -0.387. The second-order valence-corrected chi connectivity index (χ2v) is 7.83.